The normalized spacial score (nSPS) is 11.2. The van der Waals surface area contributed by atoms with E-state index in [1.807, 2.05) is 6.92 Å². The van der Waals surface area contributed by atoms with Crippen molar-refractivity contribution in [1.29, 1.82) is 0 Å². The fraction of sp³-hybridized carbons (Fsp3) is 0.143. The van der Waals surface area contributed by atoms with Gasteiger partial charge in [0, 0.05) is 12.1 Å². The summed E-state index contributed by atoms with van der Waals surface area (Å²) >= 11 is 6.07. The molecule has 0 spiro atoms. The van der Waals surface area contributed by atoms with Gasteiger partial charge in [-0.15, -0.1) is 0 Å². The van der Waals surface area contributed by atoms with Crippen molar-refractivity contribution in [3.8, 4) is 0 Å². The smallest absolute Gasteiger partial charge is 0.270 e. The minimum atomic E-state index is -3.97. The van der Waals surface area contributed by atoms with E-state index >= 15 is 0 Å². The first-order valence-corrected chi connectivity index (χ1v) is 8.11. The molecule has 0 saturated carbocycles. The van der Waals surface area contributed by atoms with Crippen LogP contribution in [0.3, 0.4) is 0 Å². The number of non-ortho nitro benzene ring substituents is 1. The van der Waals surface area contributed by atoms with E-state index in [-0.39, 0.29) is 21.3 Å². The summed E-state index contributed by atoms with van der Waals surface area (Å²) in [6.45, 7) is 3.57. The van der Waals surface area contributed by atoms with Crippen LogP contribution in [0.15, 0.2) is 41.3 Å². The second-order valence-corrected chi connectivity index (χ2v) is 6.89. The highest BCUT2D eigenvalue weighted by Gasteiger charge is 2.20. The van der Waals surface area contributed by atoms with Crippen LogP contribution in [-0.2, 0) is 10.0 Å². The molecule has 6 nitrogen and oxygen atoms in total. The Kier molecular flexibility index (Phi) is 4.39. The predicted octanol–water partition coefficient (Wildman–Crippen LogP) is 3.67. The quantitative estimate of drug-likeness (QED) is 0.679. The van der Waals surface area contributed by atoms with Gasteiger partial charge in [-0.1, -0.05) is 23.7 Å². The molecule has 8 heteroatoms. The molecule has 0 bridgehead atoms. The summed E-state index contributed by atoms with van der Waals surface area (Å²) in [7, 11) is -3.97. The highest BCUT2D eigenvalue weighted by atomic mass is 35.5. The van der Waals surface area contributed by atoms with Crippen molar-refractivity contribution in [3.63, 3.8) is 0 Å². The van der Waals surface area contributed by atoms with Crippen molar-refractivity contribution >= 4 is 33.0 Å². The number of hydrogen-bond donors (Lipinski definition) is 1. The topological polar surface area (TPSA) is 89.3 Å². The van der Waals surface area contributed by atoms with Gasteiger partial charge in [-0.25, -0.2) is 8.42 Å². The Morgan fingerprint density at radius 3 is 2.45 bits per heavy atom. The molecule has 0 fully saturated rings. The monoisotopic (exact) mass is 340 g/mol. The lowest BCUT2D eigenvalue weighted by atomic mass is 10.1. The number of rotatable bonds is 4. The van der Waals surface area contributed by atoms with E-state index in [0.717, 1.165) is 11.6 Å². The fourth-order valence-electron chi connectivity index (χ4n) is 2.00. The molecular formula is C14H13ClN2O4S. The number of hydrogen-bond acceptors (Lipinski definition) is 4. The van der Waals surface area contributed by atoms with Crippen molar-refractivity contribution in [2.75, 3.05) is 4.72 Å². The molecule has 0 amide bonds. The second kappa shape index (κ2) is 5.94. The number of benzene rings is 2. The number of sulfonamides is 1. The van der Waals surface area contributed by atoms with Gasteiger partial charge in [-0.3, -0.25) is 14.8 Å². The van der Waals surface area contributed by atoms with Crippen LogP contribution >= 0.6 is 11.6 Å². The van der Waals surface area contributed by atoms with Gasteiger partial charge in [0.05, 0.1) is 20.5 Å². The Morgan fingerprint density at radius 2 is 1.86 bits per heavy atom. The Hall–Kier alpha value is -2.12. The average molecular weight is 341 g/mol. The van der Waals surface area contributed by atoms with Crippen LogP contribution in [-0.4, -0.2) is 13.3 Å². The highest BCUT2D eigenvalue weighted by molar-refractivity contribution is 7.92. The lowest BCUT2D eigenvalue weighted by Gasteiger charge is -2.13. The zero-order valence-electron chi connectivity index (χ0n) is 11.8. The molecule has 2 rings (SSSR count). The Morgan fingerprint density at radius 1 is 1.18 bits per heavy atom. The molecule has 2 aromatic rings. The van der Waals surface area contributed by atoms with Gasteiger partial charge in [0.15, 0.2) is 0 Å². The summed E-state index contributed by atoms with van der Waals surface area (Å²) in [5.74, 6) is 0. The molecule has 0 atom stereocenters. The standard InChI is InChI=1S/C14H13ClN2O4S/c1-9-6-10(2)14(13(15)7-9)16-22(20,21)12-5-3-4-11(8-12)17(18)19/h3-8,16H,1-2H3. The first kappa shape index (κ1) is 16.3. The van der Waals surface area contributed by atoms with Crippen molar-refractivity contribution in [2.45, 2.75) is 18.7 Å². The maximum Gasteiger partial charge on any atom is 0.270 e. The molecule has 2 aromatic carbocycles. The molecule has 0 aliphatic carbocycles. The molecule has 116 valence electrons. The van der Waals surface area contributed by atoms with Crippen molar-refractivity contribution in [1.82, 2.24) is 0 Å². The van der Waals surface area contributed by atoms with E-state index in [0.29, 0.717) is 5.56 Å². The largest absolute Gasteiger partial charge is 0.278 e. The number of nitro benzene ring substituents is 1. The van der Waals surface area contributed by atoms with E-state index in [4.69, 9.17) is 11.6 Å². The number of nitrogens with one attached hydrogen (secondary N) is 1. The molecule has 0 aliphatic rings. The SMILES string of the molecule is Cc1cc(C)c(NS(=O)(=O)c2cccc([N+](=O)[O-])c2)c(Cl)c1. The highest BCUT2D eigenvalue weighted by Crippen LogP contribution is 2.30. The van der Waals surface area contributed by atoms with E-state index in [9.17, 15) is 18.5 Å². The summed E-state index contributed by atoms with van der Waals surface area (Å²) in [4.78, 5) is 9.91. The van der Waals surface area contributed by atoms with Gasteiger partial charge in [0.25, 0.3) is 15.7 Å². The zero-order valence-corrected chi connectivity index (χ0v) is 13.4. The van der Waals surface area contributed by atoms with Crippen molar-refractivity contribution < 1.29 is 13.3 Å². The lowest BCUT2D eigenvalue weighted by molar-refractivity contribution is -0.385. The lowest BCUT2D eigenvalue weighted by Crippen LogP contribution is -2.14. The zero-order chi connectivity index (χ0) is 16.5. The summed E-state index contributed by atoms with van der Waals surface area (Å²) in [5, 5.41) is 11.0. The second-order valence-electron chi connectivity index (χ2n) is 4.80. The number of nitrogens with zero attached hydrogens (tertiary/aromatic N) is 1. The van der Waals surface area contributed by atoms with Gasteiger partial charge < -0.3 is 0 Å². The van der Waals surface area contributed by atoms with Crippen LogP contribution in [0.1, 0.15) is 11.1 Å². The van der Waals surface area contributed by atoms with Gasteiger partial charge in [0.1, 0.15) is 0 Å². The van der Waals surface area contributed by atoms with Crippen LogP contribution in [0.25, 0.3) is 0 Å². The van der Waals surface area contributed by atoms with E-state index in [2.05, 4.69) is 4.72 Å². The van der Waals surface area contributed by atoms with Gasteiger partial charge in [-0.05, 0) is 37.1 Å². The van der Waals surface area contributed by atoms with Crippen LogP contribution in [0, 0.1) is 24.0 Å². The Balaban J connectivity index is 2.45. The van der Waals surface area contributed by atoms with E-state index in [1.165, 1.54) is 18.2 Å². The molecule has 1 N–H and O–H groups in total. The molecular weight excluding hydrogens is 328 g/mol. The van der Waals surface area contributed by atoms with Crippen LogP contribution in [0.4, 0.5) is 11.4 Å². The maximum absolute atomic E-state index is 12.4. The van der Waals surface area contributed by atoms with Gasteiger partial charge >= 0.3 is 0 Å². The van der Waals surface area contributed by atoms with E-state index < -0.39 is 14.9 Å². The van der Waals surface area contributed by atoms with Crippen molar-refractivity contribution in [3.05, 3.63) is 62.7 Å². The maximum atomic E-state index is 12.4. The Labute approximate surface area is 132 Å². The van der Waals surface area contributed by atoms with Gasteiger partial charge in [-0.2, -0.15) is 0 Å². The average Bonchev–Trinajstić information content (AvgIpc) is 2.43. The van der Waals surface area contributed by atoms with Crippen LogP contribution < -0.4 is 4.72 Å². The molecule has 22 heavy (non-hydrogen) atoms. The molecule has 0 aliphatic heterocycles. The minimum absolute atomic E-state index is 0.197. The third kappa shape index (κ3) is 3.37. The summed E-state index contributed by atoms with van der Waals surface area (Å²) in [6, 6.07) is 8.25. The van der Waals surface area contributed by atoms with Crippen molar-refractivity contribution in [2.24, 2.45) is 0 Å². The number of aryl methyl sites for hydroxylation is 2. The van der Waals surface area contributed by atoms with E-state index in [1.54, 1.807) is 19.1 Å². The molecule has 0 aromatic heterocycles. The molecule has 0 saturated heterocycles. The third-order valence-electron chi connectivity index (χ3n) is 3.01. The van der Waals surface area contributed by atoms with Gasteiger partial charge in [0.2, 0.25) is 0 Å². The molecule has 0 radical (unpaired) electrons. The Bertz CT molecular complexity index is 827. The first-order chi connectivity index (χ1) is 10.2. The van der Waals surface area contributed by atoms with Crippen LogP contribution in [0.2, 0.25) is 5.02 Å². The number of nitro groups is 1. The molecule has 0 heterocycles. The summed E-state index contributed by atoms with van der Waals surface area (Å²) < 4.78 is 27.1. The number of halogens is 1. The number of anilines is 1. The third-order valence-corrected chi connectivity index (χ3v) is 4.65. The summed E-state index contributed by atoms with van der Waals surface area (Å²) in [5.41, 5.74) is 1.54. The fourth-order valence-corrected chi connectivity index (χ4v) is 3.62. The predicted molar refractivity (Wildman–Crippen MR) is 84.8 cm³/mol. The first-order valence-electron chi connectivity index (χ1n) is 6.25. The molecule has 0 unspecified atom stereocenters. The van der Waals surface area contributed by atoms with Crippen LogP contribution in [0.5, 0.6) is 0 Å². The minimum Gasteiger partial charge on any atom is -0.278 e. The summed E-state index contributed by atoms with van der Waals surface area (Å²) in [6.07, 6.45) is 0.